The maximum atomic E-state index is 13.6. The first-order valence-electron chi connectivity index (χ1n) is 9.74. The summed E-state index contributed by atoms with van der Waals surface area (Å²) >= 11 is 8.05. The number of thiophene rings is 1. The van der Waals surface area contributed by atoms with Gasteiger partial charge in [-0.25, -0.2) is 4.79 Å². The van der Waals surface area contributed by atoms with Gasteiger partial charge in [0.05, 0.1) is 28.6 Å². The van der Waals surface area contributed by atoms with Gasteiger partial charge in [0.25, 0.3) is 0 Å². The van der Waals surface area contributed by atoms with E-state index in [2.05, 4.69) is 40.3 Å². The zero-order valence-corrected chi connectivity index (χ0v) is 18.0. The number of aryl methyl sites for hydroxylation is 1. The molecule has 4 aromatic rings. The predicted octanol–water partition coefficient (Wildman–Crippen LogP) is 6.64. The normalized spacial score (nSPS) is 15.3. The van der Waals surface area contributed by atoms with E-state index in [1.54, 1.807) is 11.3 Å². The van der Waals surface area contributed by atoms with Gasteiger partial charge in [-0.05, 0) is 59.8 Å². The Hall–Kier alpha value is -3.02. The van der Waals surface area contributed by atoms with E-state index in [1.165, 1.54) is 0 Å². The number of hydrogen-bond acceptors (Lipinski definition) is 2. The minimum Gasteiger partial charge on any atom is -0.318 e. The molecule has 2 aromatic carbocycles. The highest BCUT2D eigenvalue weighted by Crippen LogP contribution is 2.38. The van der Waals surface area contributed by atoms with Crippen LogP contribution in [0.25, 0.3) is 5.69 Å². The average molecular weight is 434 g/mol. The fourth-order valence-corrected chi connectivity index (χ4v) is 5.12. The number of carbonyl (C=O) groups excluding carboxylic acids is 1. The topological polar surface area (TPSA) is 37.3 Å². The number of hydrogen-bond donors (Lipinski definition) is 1. The van der Waals surface area contributed by atoms with Crippen LogP contribution in [-0.4, -0.2) is 15.5 Å². The van der Waals surface area contributed by atoms with E-state index in [0.717, 1.165) is 27.4 Å². The average Bonchev–Trinajstić information content (AvgIpc) is 3.41. The van der Waals surface area contributed by atoms with Gasteiger partial charge in [-0.3, -0.25) is 0 Å². The van der Waals surface area contributed by atoms with Crippen molar-refractivity contribution in [1.29, 1.82) is 0 Å². The first kappa shape index (κ1) is 19.0. The Kier molecular flexibility index (Phi) is 4.85. The summed E-state index contributed by atoms with van der Waals surface area (Å²) in [5.74, 6) is 0. The van der Waals surface area contributed by atoms with Crippen molar-refractivity contribution in [3.05, 3.63) is 105 Å². The SMILES string of the molecule is Cc1ccc(NC(=O)N2Cc3ccccc3-n3cccc3[C@@H]2c2cccs2)c(Cl)c1. The van der Waals surface area contributed by atoms with Crippen molar-refractivity contribution < 1.29 is 4.79 Å². The van der Waals surface area contributed by atoms with Crippen LogP contribution >= 0.6 is 22.9 Å². The van der Waals surface area contributed by atoms with E-state index in [4.69, 9.17) is 11.6 Å². The van der Waals surface area contributed by atoms with Crippen LogP contribution in [0, 0.1) is 6.92 Å². The van der Waals surface area contributed by atoms with Gasteiger partial charge in [0, 0.05) is 11.1 Å². The third kappa shape index (κ3) is 3.30. The summed E-state index contributed by atoms with van der Waals surface area (Å²) in [6, 6.07) is 21.7. The molecular weight excluding hydrogens is 414 g/mol. The molecule has 0 unspecified atom stereocenters. The van der Waals surface area contributed by atoms with Gasteiger partial charge < -0.3 is 14.8 Å². The molecule has 0 bridgehead atoms. The summed E-state index contributed by atoms with van der Waals surface area (Å²) in [6.07, 6.45) is 2.06. The molecule has 1 aliphatic rings. The minimum atomic E-state index is -0.198. The monoisotopic (exact) mass is 433 g/mol. The molecule has 6 heteroatoms. The maximum absolute atomic E-state index is 13.6. The molecular formula is C24H20ClN3OS. The predicted molar refractivity (Wildman–Crippen MR) is 123 cm³/mol. The molecule has 0 radical (unpaired) electrons. The number of para-hydroxylation sites is 1. The summed E-state index contributed by atoms with van der Waals surface area (Å²) in [5.41, 5.74) is 4.93. The van der Waals surface area contributed by atoms with E-state index in [-0.39, 0.29) is 12.1 Å². The number of urea groups is 1. The zero-order valence-electron chi connectivity index (χ0n) is 16.4. The van der Waals surface area contributed by atoms with Crippen LogP contribution in [0.1, 0.15) is 27.7 Å². The Labute approximate surface area is 184 Å². The van der Waals surface area contributed by atoms with Crippen molar-refractivity contribution in [2.75, 3.05) is 5.32 Å². The first-order chi connectivity index (χ1) is 14.6. The molecule has 1 atom stereocenters. The number of anilines is 1. The fraction of sp³-hybridized carbons (Fsp3) is 0.125. The molecule has 4 nitrogen and oxygen atoms in total. The molecule has 2 aromatic heterocycles. The van der Waals surface area contributed by atoms with E-state index in [1.807, 2.05) is 59.7 Å². The molecule has 0 aliphatic carbocycles. The maximum Gasteiger partial charge on any atom is 0.323 e. The van der Waals surface area contributed by atoms with Crippen LogP contribution in [0.5, 0.6) is 0 Å². The second-order valence-electron chi connectivity index (χ2n) is 7.39. The number of nitrogens with zero attached hydrogens (tertiary/aromatic N) is 2. The van der Waals surface area contributed by atoms with Crippen LogP contribution in [0.3, 0.4) is 0 Å². The molecule has 5 rings (SSSR count). The molecule has 0 saturated carbocycles. The van der Waals surface area contributed by atoms with Crippen LogP contribution in [0.4, 0.5) is 10.5 Å². The number of carbonyl (C=O) groups is 1. The second kappa shape index (κ2) is 7.67. The molecule has 150 valence electrons. The summed E-state index contributed by atoms with van der Waals surface area (Å²) in [4.78, 5) is 16.6. The number of amides is 2. The van der Waals surface area contributed by atoms with Gasteiger partial charge in [0.15, 0.2) is 0 Å². The highest BCUT2D eigenvalue weighted by Gasteiger charge is 2.33. The van der Waals surface area contributed by atoms with Crippen LogP contribution in [-0.2, 0) is 6.54 Å². The lowest BCUT2D eigenvalue weighted by Gasteiger charge is -2.30. The van der Waals surface area contributed by atoms with Gasteiger partial charge in [-0.2, -0.15) is 0 Å². The molecule has 1 aliphatic heterocycles. The van der Waals surface area contributed by atoms with Crippen molar-refractivity contribution in [3.8, 4) is 5.69 Å². The molecule has 0 saturated heterocycles. The Morgan fingerprint density at radius 1 is 1.10 bits per heavy atom. The lowest BCUT2D eigenvalue weighted by atomic mass is 10.1. The van der Waals surface area contributed by atoms with E-state index in [0.29, 0.717) is 17.3 Å². The Morgan fingerprint density at radius 2 is 1.97 bits per heavy atom. The van der Waals surface area contributed by atoms with Gasteiger partial charge in [0.1, 0.15) is 6.04 Å². The van der Waals surface area contributed by atoms with Gasteiger partial charge in [0.2, 0.25) is 0 Å². The number of fused-ring (bicyclic) bond motifs is 3. The van der Waals surface area contributed by atoms with Crippen molar-refractivity contribution in [3.63, 3.8) is 0 Å². The van der Waals surface area contributed by atoms with E-state index < -0.39 is 0 Å². The largest absolute Gasteiger partial charge is 0.323 e. The van der Waals surface area contributed by atoms with Crippen molar-refractivity contribution in [2.45, 2.75) is 19.5 Å². The third-order valence-electron chi connectivity index (χ3n) is 5.40. The van der Waals surface area contributed by atoms with Crippen LogP contribution in [0.2, 0.25) is 5.02 Å². The second-order valence-corrected chi connectivity index (χ2v) is 8.78. The highest BCUT2D eigenvalue weighted by atomic mass is 35.5. The van der Waals surface area contributed by atoms with Crippen molar-refractivity contribution in [1.82, 2.24) is 9.47 Å². The smallest absolute Gasteiger partial charge is 0.318 e. The lowest BCUT2D eigenvalue weighted by molar-refractivity contribution is 0.195. The Balaban J connectivity index is 1.61. The lowest BCUT2D eigenvalue weighted by Crippen LogP contribution is -2.37. The summed E-state index contributed by atoms with van der Waals surface area (Å²) < 4.78 is 2.19. The molecule has 1 N–H and O–H groups in total. The standard InChI is InChI=1S/C24H20ClN3OS/c1-16-10-11-19(18(25)14-16)26-24(29)28-15-17-6-2-3-7-20(17)27-12-4-8-21(27)23(28)22-9-5-13-30-22/h2-14,23H,15H2,1H3,(H,26,29)/t23-/m1/s1. The Morgan fingerprint density at radius 3 is 2.77 bits per heavy atom. The minimum absolute atomic E-state index is 0.177. The number of benzene rings is 2. The van der Waals surface area contributed by atoms with Gasteiger partial charge >= 0.3 is 6.03 Å². The summed E-state index contributed by atoms with van der Waals surface area (Å²) in [5, 5.41) is 5.62. The van der Waals surface area contributed by atoms with Gasteiger partial charge in [-0.15, -0.1) is 11.3 Å². The Bertz CT molecular complexity index is 1210. The van der Waals surface area contributed by atoms with E-state index in [9.17, 15) is 4.79 Å². The summed E-state index contributed by atoms with van der Waals surface area (Å²) in [6.45, 7) is 2.47. The van der Waals surface area contributed by atoms with Crippen LogP contribution in [0.15, 0.2) is 78.3 Å². The number of halogens is 1. The summed E-state index contributed by atoms with van der Waals surface area (Å²) in [7, 11) is 0. The zero-order chi connectivity index (χ0) is 20.7. The number of aromatic nitrogens is 1. The molecule has 30 heavy (non-hydrogen) atoms. The van der Waals surface area contributed by atoms with Crippen molar-refractivity contribution >= 4 is 34.7 Å². The quantitative estimate of drug-likeness (QED) is 0.378. The molecule has 2 amide bonds. The third-order valence-corrected chi connectivity index (χ3v) is 6.64. The molecule has 0 spiro atoms. The number of rotatable bonds is 2. The number of nitrogens with one attached hydrogen (secondary N) is 1. The van der Waals surface area contributed by atoms with Crippen molar-refractivity contribution in [2.24, 2.45) is 0 Å². The molecule has 0 fully saturated rings. The fourth-order valence-electron chi connectivity index (χ4n) is 3.99. The van der Waals surface area contributed by atoms with E-state index >= 15 is 0 Å². The molecule has 3 heterocycles. The first-order valence-corrected chi connectivity index (χ1v) is 11.0. The highest BCUT2D eigenvalue weighted by molar-refractivity contribution is 7.10. The van der Waals surface area contributed by atoms with Crippen LogP contribution < -0.4 is 5.32 Å². The van der Waals surface area contributed by atoms with Gasteiger partial charge in [-0.1, -0.05) is 41.9 Å².